The monoisotopic (exact) mass is 433 g/mol. The molecule has 32 heavy (non-hydrogen) atoms. The van der Waals surface area contributed by atoms with Crippen LogP contribution in [0.25, 0.3) is 0 Å². The third-order valence-electron chi connectivity index (χ3n) is 6.16. The zero-order valence-electron chi connectivity index (χ0n) is 19.0. The molecule has 2 aliphatic carbocycles. The summed E-state index contributed by atoms with van der Waals surface area (Å²) in [5, 5.41) is 5.27. The van der Waals surface area contributed by atoms with E-state index in [9.17, 15) is 14.4 Å². The van der Waals surface area contributed by atoms with Crippen molar-refractivity contribution >= 4 is 23.9 Å². The molecule has 3 amide bonds. The molecular weight excluding hydrogens is 402 g/mol. The van der Waals surface area contributed by atoms with Gasteiger partial charge in [0.15, 0.2) is 0 Å². The molecule has 2 aromatic rings. The quantitative estimate of drug-likeness (QED) is 0.556. The zero-order valence-corrected chi connectivity index (χ0v) is 19.0. The number of likely N-dealkylation sites (N-methyl/N-ethyl adjacent to an activating group) is 1. The molecule has 1 saturated heterocycles. The Morgan fingerprint density at radius 3 is 2.34 bits per heavy atom. The minimum Gasteiger partial charge on any atom is -0.320 e. The summed E-state index contributed by atoms with van der Waals surface area (Å²) in [6.07, 6.45) is 4.39. The molecule has 2 N–H and O–H groups in total. The van der Waals surface area contributed by atoms with E-state index in [1.54, 1.807) is 18.0 Å². The number of hydrogen-bond donors (Lipinski definition) is 2. The number of aldehydes is 1. The number of fused-ring (bicyclic) bond motifs is 1. The van der Waals surface area contributed by atoms with Crippen LogP contribution in [0, 0.1) is 0 Å². The summed E-state index contributed by atoms with van der Waals surface area (Å²) in [7, 11) is 1.76. The Labute approximate surface area is 189 Å². The number of amides is 3. The first-order chi connectivity index (χ1) is 15.4. The Balaban J connectivity index is 0.000000218. The summed E-state index contributed by atoms with van der Waals surface area (Å²) in [5.74, 6) is 0.230. The first-order valence-electron chi connectivity index (χ1n) is 11.1. The van der Waals surface area contributed by atoms with Crippen LogP contribution in [0.15, 0.2) is 60.8 Å². The van der Waals surface area contributed by atoms with E-state index in [0.717, 1.165) is 17.0 Å². The molecular formula is C26H31N3O3. The Morgan fingerprint density at radius 2 is 1.78 bits per heavy atom. The number of rotatable bonds is 3. The van der Waals surface area contributed by atoms with Crippen molar-refractivity contribution in [1.29, 1.82) is 0 Å². The smallest absolute Gasteiger partial charge is 0.320 e. The van der Waals surface area contributed by atoms with Gasteiger partial charge in [-0.3, -0.25) is 9.59 Å². The number of carbonyl (C=O) groups is 3. The largest absolute Gasteiger partial charge is 0.322 e. The number of urea groups is 1. The highest BCUT2D eigenvalue weighted by molar-refractivity contribution is 6.29. The lowest BCUT2D eigenvalue weighted by Gasteiger charge is -2.30. The normalized spacial score (nSPS) is 20.4. The van der Waals surface area contributed by atoms with Gasteiger partial charge in [-0.15, -0.1) is 0 Å². The Bertz CT molecular complexity index is 1010. The van der Waals surface area contributed by atoms with Gasteiger partial charge in [0.05, 0.1) is 5.54 Å². The van der Waals surface area contributed by atoms with Crippen LogP contribution in [-0.2, 0) is 22.4 Å². The Kier molecular flexibility index (Phi) is 7.13. The Hall–Kier alpha value is -3.41. The third kappa shape index (κ3) is 4.74. The highest BCUT2D eigenvalue weighted by Gasteiger charge is 2.50. The van der Waals surface area contributed by atoms with Crippen LogP contribution in [0.2, 0.25) is 0 Å². The van der Waals surface area contributed by atoms with Gasteiger partial charge in [0.25, 0.3) is 5.91 Å². The molecule has 6 heteroatoms. The fourth-order valence-corrected chi connectivity index (χ4v) is 4.22. The van der Waals surface area contributed by atoms with Gasteiger partial charge < -0.3 is 15.5 Å². The van der Waals surface area contributed by atoms with Crippen LogP contribution < -0.4 is 10.6 Å². The molecule has 1 spiro atoms. The van der Waals surface area contributed by atoms with Gasteiger partial charge in [-0.2, -0.15) is 0 Å². The maximum absolute atomic E-state index is 11.8. The lowest BCUT2D eigenvalue weighted by Crippen LogP contribution is -2.44. The molecule has 0 radical (unpaired) electrons. The van der Waals surface area contributed by atoms with Gasteiger partial charge >= 0.3 is 6.03 Å². The van der Waals surface area contributed by atoms with E-state index in [0.29, 0.717) is 24.2 Å². The molecule has 1 aliphatic heterocycles. The van der Waals surface area contributed by atoms with Gasteiger partial charge in [0.1, 0.15) is 0 Å². The number of anilines is 1. The third-order valence-corrected chi connectivity index (χ3v) is 6.16. The van der Waals surface area contributed by atoms with Crippen LogP contribution in [0.5, 0.6) is 0 Å². The lowest BCUT2D eigenvalue weighted by atomic mass is 9.92. The van der Waals surface area contributed by atoms with Gasteiger partial charge in [-0.25, -0.2) is 4.79 Å². The van der Waals surface area contributed by atoms with Crippen LogP contribution in [0.1, 0.15) is 49.3 Å². The van der Waals surface area contributed by atoms with Gasteiger partial charge in [-0.1, -0.05) is 56.8 Å². The van der Waals surface area contributed by atoms with E-state index in [2.05, 4.69) is 47.5 Å². The molecule has 1 saturated carbocycles. The second-order valence-corrected chi connectivity index (χ2v) is 8.13. The van der Waals surface area contributed by atoms with Gasteiger partial charge in [0, 0.05) is 31.3 Å². The van der Waals surface area contributed by atoms with Crippen molar-refractivity contribution in [2.24, 2.45) is 0 Å². The van der Waals surface area contributed by atoms with Gasteiger partial charge in [-0.05, 0) is 47.6 Å². The van der Waals surface area contributed by atoms with E-state index in [-0.39, 0.29) is 12.3 Å². The number of benzene rings is 2. The molecule has 5 rings (SSSR count). The minimum absolute atomic E-state index is 0.151. The minimum atomic E-state index is -0.679. The van der Waals surface area contributed by atoms with E-state index >= 15 is 0 Å². The number of hydrogen-bond acceptors (Lipinski definition) is 3. The van der Waals surface area contributed by atoms with Crippen molar-refractivity contribution in [3.8, 4) is 0 Å². The van der Waals surface area contributed by atoms with Crippen molar-refractivity contribution in [2.75, 3.05) is 12.4 Å². The molecule has 168 valence electrons. The van der Waals surface area contributed by atoms with Crippen molar-refractivity contribution < 1.29 is 14.4 Å². The molecule has 0 aromatic heterocycles. The molecule has 1 heterocycles. The maximum Gasteiger partial charge on any atom is 0.322 e. The summed E-state index contributed by atoms with van der Waals surface area (Å²) in [5.41, 5.74) is 4.52. The molecule has 6 nitrogen and oxygen atoms in total. The van der Waals surface area contributed by atoms with Crippen molar-refractivity contribution in [3.05, 3.63) is 77.5 Å². The van der Waals surface area contributed by atoms with Crippen LogP contribution in [0.4, 0.5) is 10.5 Å². The summed E-state index contributed by atoms with van der Waals surface area (Å²) in [6.45, 7) is 7.97. The van der Waals surface area contributed by atoms with Crippen LogP contribution >= 0.6 is 0 Å². The number of nitrogens with one attached hydrogen (secondary N) is 2. The molecule has 3 aliphatic rings. The predicted octanol–water partition coefficient (Wildman–Crippen LogP) is 4.42. The molecule has 0 bridgehead atoms. The second kappa shape index (κ2) is 9.81. The van der Waals surface area contributed by atoms with Crippen LogP contribution in [0.3, 0.4) is 0 Å². The first-order valence-corrected chi connectivity index (χ1v) is 11.1. The summed E-state index contributed by atoms with van der Waals surface area (Å²) >= 11 is 0. The fourth-order valence-electron chi connectivity index (χ4n) is 4.22. The first kappa shape index (κ1) is 23.3. The number of nitrogens with zero attached hydrogens (tertiary/aromatic N) is 1. The number of carbonyl (C=O) groups excluding carboxylic acids is 3. The topological polar surface area (TPSA) is 78.5 Å². The van der Waals surface area contributed by atoms with E-state index in [4.69, 9.17) is 0 Å². The van der Waals surface area contributed by atoms with Gasteiger partial charge in [0.2, 0.25) is 6.29 Å². The highest BCUT2D eigenvalue weighted by atomic mass is 16.2. The van der Waals surface area contributed by atoms with Crippen molar-refractivity contribution in [2.45, 2.75) is 51.0 Å². The standard InChI is InChI=1S/C15H15N3O3.C9H10.C2H6/c1-9-15(18(2)14(21)16-9)6-10-3-4-12(5-11(10)7-15)17-13(20)8-19;1-2-4-8(5-3-1)9-6-7-9;1-2/h3-5,8H,1,6-7H2,2H3,(H,16,21)(H,17,20);1-5,9H,6-7H2;1-2H3. The summed E-state index contributed by atoms with van der Waals surface area (Å²) < 4.78 is 0. The highest BCUT2D eigenvalue weighted by Crippen LogP contribution is 2.41. The van der Waals surface area contributed by atoms with E-state index < -0.39 is 11.4 Å². The lowest BCUT2D eigenvalue weighted by molar-refractivity contribution is -0.127. The van der Waals surface area contributed by atoms with Crippen molar-refractivity contribution in [1.82, 2.24) is 10.2 Å². The SMILES string of the molecule is C=C1NC(=O)N(C)C12Cc1ccc(NC(=O)C=O)cc1C2.CC.c1ccc(C2CC2)cc1. The zero-order chi connectivity index (χ0) is 23.3. The predicted molar refractivity (Wildman–Crippen MR) is 126 cm³/mol. The molecule has 2 fully saturated rings. The molecule has 1 unspecified atom stereocenters. The van der Waals surface area contributed by atoms with E-state index in [1.165, 1.54) is 18.4 Å². The Morgan fingerprint density at radius 1 is 1.12 bits per heavy atom. The average molecular weight is 434 g/mol. The van der Waals surface area contributed by atoms with E-state index in [1.807, 2.05) is 26.0 Å². The van der Waals surface area contributed by atoms with Crippen molar-refractivity contribution in [3.63, 3.8) is 0 Å². The average Bonchev–Trinajstić information content (AvgIpc) is 3.57. The maximum atomic E-state index is 11.8. The fraction of sp³-hybridized carbons (Fsp3) is 0.346. The molecule has 1 atom stereocenters. The summed E-state index contributed by atoms with van der Waals surface area (Å²) in [6, 6.07) is 16.1. The molecule has 2 aromatic carbocycles. The van der Waals surface area contributed by atoms with Crippen LogP contribution in [-0.4, -0.2) is 35.7 Å². The summed E-state index contributed by atoms with van der Waals surface area (Å²) in [4.78, 5) is 35.0. The second-order valence-electron chi connectivity index (χ2n) is 8.13.